The predicted octanol–water partition coefficient (Wildman–Crippen LogP) is 6.81. The lowest BCUT2D eigenvalue weighted by atomic mass is 10.1. The van der Waals surface area contributed by atoms with Crippen LogP contribution >= 0.6 is 0 Å². The van der Waals surface area contributed by atoms with Gasteiger partial charge in [0, 0.05) is 71.8 Å². The highest BCUT2D eigenvalue weighted by molar-refractivity contribution is 5.74. The third-order valence-electron chi connectivity index (χ3n) is 9.29. The summed E-state index contributed by atoms with van der Waals surface area (Å²) in [5, 5.41) is 0. The van der Waals surface area contributed by atoms with Crippen LogP contribution in [0.15, 0.2) is 171 Å². The molecule has 50 heavy (non-hydrogen) atoms. The van der Waals surface area contributed by atoms with E-state index in [0.29, 0.717) is 13.1 Å². The summed E-state index contributed by atoms with van der Waals surface area (Å²) in [6.07, 6.45) is 17.0. The van der Waals surface area contributed by atoms with E-state index in [0.717, 1.165) is 22.4 Å². The lowest BCUT2D eigenvalue weighted by Gasteiger charge is -2.07. The molecule has 0 fully saturated rings. The zero-order chi connectivity index (χ0) is 33.9. The maximum absolute atomic E-state index is 5.10. The highest BCUT2D eigenvalue weighted by Gasteiger charge is 2.18. The average Bonchev–Trinajstić information content (AvgIpc) is 3.16. The fourth-order valence-electron chi connectivity index (χ4n) is 6.45. The number of rotatable bonds is 8. The summed E-state index contributed by atoms with van der Waals surface area (Å²) in [7, 11) is 0. The van der Waals surface area contributed by atoms with Crippen LogP contribution in [0.1, 0.15) is 22.5 Å². The first-order valence-corrected chi connectivity index (χ1v) is 17.0. The third kappa shape index (κ3) is 6.51. The quantitative estimate of drug-likeness (QED) is 0.170. The summed E-state index contributed by atoms with van der Waals surface area (Å²) >= 11 is 0. The Bertz CT molecular complexity index is 2250. The van der Waals surface area contributed by atoms with Crippen molar-refractivity contribution in [1.29, 1.82) is 0 Å². The fraction of sp³-hybridized carbons (Fsp3) is 0.0909. The maximum Gasteiger partial charge on any atom is 0.213 e. The number of nitrogens with zero attached hydrogens (tertiary/aromatic N) is 6. The van der Waals surface area contributed by atoms with Gasteiger partial charge < -0.3 is 0 Å². The summed E-state index contributed by atoms with van der Waals surface area (Å²) in [6, 6.07) is 42.3. The van der Waals surface area contributed by atoms with E-state index in [1.807, 2.05) is 24.3 Å². The molecule has 6 nitrogen and oxygen atoms in total. The monoisotopic (exact) mass is 650 g/mol. The molecule has 3 aromatic carbocycles. The largest absolute Gasteiger partial charge is 0.242 e. The molecule has 0 spiro atoms. The van der Waals surface area contributed by atoms with Gasteiger partial charge in [0.15, 0.2) is 62.7 Å². The number of benzene rings is 3. The first-order valence-electron chi connectivity index (χ1n) is 17.0. The van der Waals surface area contributed by atoms with E-state index >= 15 is 0 Å². The Morgan fingerprint density at radius 2 is 0.700 bits per heavy atom. The molecule has 6 heteroatoms. The molecule has 0 radical (unpaired) electrons. The van der Waals surface area contributed by atoms with Gasteiger partial charge >= 0.3 is 0 Å². The molecule has 5 heterocycles. The smallest absolute Gasteiger partial charge is 0.213 e. The van der Waals surface area contributed by atoms with E-state index in [2.05, 4.69) is 179 Å². The van der Waals surface area contributed by atoms with Crippen LogP contribution in [-0.4, -0.2) is 9.97 Å². The highest BCUT2D eigenvalue weighted by Crippen LogP contribution is 2.19. The first-order chi connectivity index (χ1) is 24.6. The molecule has 0 saturated carbocycles. The van der Waals surface area contributed by atoms with Crippen molar-refractivity contribution in [2.75, 3.05) is 0 Å². The third-order valence-corrected chi connectivity index (χ3v) is 9.29. The molecule has 5 aromatic heterocycles. The molecular formula is C44H38N6+4. The molecule has 8 rings (SSSR count). The topological polar surface area (TPSA) is 41.3 Å². The summed E-state index contributed by atoms with van der Waals surface area (Å²) in [6.45, 7) is 5.52. The van der Waals surface area contributed by atoms with Crippen LogP contribution in [0.3, 0.4) is 0 Å². The summed E-state index contributed by atoms with van der Waals surface area (Å²) in [5.41, 5.74) is 13.3. The van der Waals surface area contributed by atoms with Gasteiger partial charge in [-0.25, -0.2) is 9.97 Å². The molecule has 8 aromatic rings. The number of aryl methyl sites for hydroxylation is 2. The second-order valence-corrected chi connectivity index (χ2v) is 12.7. The van der Waals surface area contributed by atoms with E-state index in [1.54, 1.807) is 0 Å². The number of aromatic nitrogens is 6. The van der Waals surface area contributed by atoms with Gasteiger partial charge in [-0.2, -0.15) is 18.3 Å². The molecule has 0 N–H and O–H groups in total. The second-order valence-electron chi connectivity index (χ2n) is 12.7. The van der Waals surface area contributed by atoms with Crippen molar-refractivity contribution in [2.45, 2.75) is 26.9 Å². The minimum absolute atomic E-state index is 0.624. The van der Waals surface area contributed by atoms with Gasteiger partial charge in [0.25, 0.3) is 0 Å². The lowest BCUT2D eigenvalue weighted by Crippen LogP contribution is -2.38. The van der Waals surface area contributed by atoms with E-state index in [4.69, 9.17) is 9.97 Å². The van der Waals surface area contributed by atoms with Gasteiger partial charge in [0.1, 0.15) is 11.4 Å². The van der Waals surface area contributed by atoms with Crippen molar-refractivity contribution in [3.8, 4) is 33.6 Å². The van der Waals surface area contributed by atoms with Crippen molar-refractivity contribution in [1.82, 2.24) is 9.97 Å². The van der Waals surface area contributed by atoms with E-state index in [9.17, 15) is 0 Å². The second kappa shape index (κ2) is 13.6. The minimum atomic E-state index is 0.624. The Hall–Kier alpha value is -6.40. The normalized spacial score (nSPS) is 11.2. The van der Waals surface area contributed by atoms with Crippen LogP contribution in [0.2, 0.25) is 0 Å². The van der Waals surface area contributed by atoms with Gasteiger partial charge in [-0.1, -0.05) is 48.5 Å². The molecule has 0 saturated heterocycles. The molecule has 0 aliphatic carbocycles. The lowest BCUT2D eigenvalue weighted by molar-refractivity contribution is -0.694. The Labute approximate surface area is 292 Å². The van der Waals surface area contributed by atoms with E-state index in [1.165, 1.54) is 44.8 Å². The molecule has 0 aliphatic heterocycles. The van der Waals surface area contributed by atoms with Crippen LogP contribution in [0, 0.1) is 13.8 Å². The van der Waals surface area contributed by atoms with Crippen molar-refractivity contribution in [3.63, 3.8) is 0 Å². The average molecular weight is 651 g/mol. The van der Waals surface area contributed by atoms with Crippen LogP contribution < -0.4 is 18.3 Å². The molecular weight excluding hydrogens is 613 g/mol. The van der Waals surface area contributed by atoms with E-state index < -0.39 is 0 Å². The fourth-order valence-corrected chi connectivity index (χ4v) is 6.45. The predicted molar refractivity (Wildman–Crippen MR) is 194 cm³/mol. The van der Waals surface area contributed by atoms with E-state index in [-0.39, 0.29) is 0 Å². The summed E-state index contributed by atoms with van der Waals surface area (Å²) < 4.78 is 8.68. The van der Waals surface area contributed by atoms with Gasteiger partial charge in [-0.05, 0) is 48.2 Å². The molecule has 0 aliphatic rings. The number of para-hydroxylation sites is 4. The van der Waals surface area contributed by atoms with Crippen LogP contribution in [0.25, 0.3) is 44.7 Å². The Kier molecular flexibility index (Phi) is 8.41. The van der Waals surface area contributed by atoms with Gasteiger partial charge in [0.2, 0.25) is 11.4 Å². The van der Waals surface area contributed by atoms with Gasteiger partial charge in [-0.3, -0.25) is 0 Å². The standard InChI is InChI=1S/C44H38N6/c1-33-9-3-7-13-43(33)49-27-19-37(20-28-49)35-15-23-47(24-16-35)31-41-42(46-40-12-6-5-11-39(40)45-41)32-48-25-17-36(18-26-48)38-21-29-50(30-22-38)44-14-8-4-10-34(44)2/h3-30H,31-32H2,1-2H3/q+4. The molecule has 0 unspecified atom stereocenters. The number of hydrogen-bond donors (Lipinski definition) is 0. The van der Waals surface area contributed by atoms with Crippen molar-refractivity contribution in [2.24, 2.45) is 0 Å². The van der Waals surface area contributed by atoms with Crippen LogP contribution in [0.4, 0.5) is 0 Å². The van der Waals surface area contributed by atoms with Crippen molar-refractivity contribution < 1.29 is 18.3 Å². The van der Waals surface area contributed by atoms with Crippen molar-refractivity contribution in [3.05, 3.63) is 193 Å². The number of pyridine rings is 4. The van der Waals surface area contributed by atoms with Crippen LogP contribution in [0.5, 0.6) is 0 Å². The zero-order valence-corrected chi connectivity index (χ0v) is 28.3. The maximum atomic E-state index is 5.10. The van der Waals surface area contributed by atoms with Crippen LogP contribution in [-0.2, 0) is 13.1 Å². The molecule has 240 valence electrons. The molecule has 0 bridgehead atoms. The number of hydrogen-bond acceptors (Lipinski definition) is 2. The Morgan fingerprint density at radius 1 is 0.380 bits per heavy atom. The van der Waals surface area contributed by atoms with Gasteiger partial charge in [0.05, 0.1) is 11.0 Å². The molecule has 0 amide bonds. The van der Waals surface area contributed by atoms with Gasteiger partial charge in [-0.15, -0.1) is 0 Å². The highest BCUT2D eigenvalue weighted by atomic mass is 15.0. The zero-order valence-electron chi connectivity index (χ0n) is 28.3. The molecule has 0 atom stereocenters. The minimum Gasteiger partial charge on any atom is -0.242 e. The Balaban J connectivity index is 1.01. The SMILES string of the molecule is Cc1ccccc1-[n+]1ccc(-c2cc[n+](Cc3nc4ccccc4nc3C[n+]3ccc(-c4cc[n+](-c5ccccc5C)cc4)cc3)cc2)cc1. The number of fused-ring (bicyclic) bond motifs is 1. The summed E-state index contributed by atoms with van der Waals surface area (Å²) in [5.74, 6) is 0. The summed E-state index contributed by atoms with van der Waals surface area (Å²) in [4.78, 5) is 10.2. The Morgan fingerprint density at radius 3 is 1.06 bits per heavy atom. The first kappa shape index (κ1) is 30.9. The van der Waals surface area contributed by atoms with Crippen molar-refractivity contribution >= 4 is 11.0 Å².